The molecule has 0 aliphatic rings. The van der Waals surface area contributed by atoms with Gasteiger partial charge in [-0.05, 0) is 28.1 Å². The molecule has 0 atom stereocenters. The molecule has 0 aliphatic carbocycles. The molecule has 1 amide bonds. The molecule has 0 bridgehead atoms. The number of nitrogens with zero attached hydrogens (tertiary/aromatic N) is 4. The molecule has 25 heavy (non-hydrogen) atoms. The van der Waals surface area contributed by atoms with Gasteiger partial charge in [0.2, 0.25) is 5.13 Å². The van der Waals surface area contributed by atoms with Gasteiger partial charge >= 0.3 is 6.18 Å². The Labute approximate surface area is 152 Å². The van der Waals surface area contributed by atoms with Crippen molar-refractivity contribution in [1.29, 1.82) is 0 Å². The Morgan fingerprint density at radius 3 is 2.72 bits per heavy atom. The zero-order valence-corrected chi connectivity index (χ0v) is 14.9. The molecule has 0 radical (unpaired) electrons. The minimum atomic E-state index is -4.45. The topological polar surface area (TPSA) is 72.7 Å². The number of hydrogen-bond acceptors (Lipinski definition) is 5. The number of anilines is 1. The predicted octanol–water partition coefficient (Wildman–Crippen LogP) is 3.97. The van der Waals surface area contributed by atoms with Gasteiger partial charge in [-0.1, -0.05) is 12.1 Å². The Balaban J connectivity index is 1.80. The molecule has 0 saturated carbocycles. The molecule has 3 rings (SSSR count). The summed E-state index contributed by atoms with van der Waals surface area (Å²) in [7, 11) is 1.66. The lowest BCUT2D eigenvalue weighted by Gasteiger charge is -2.06. The molecule has 0 aliphatic heterocycles. The van der Waals surface area contributed by atoms with E-state index in [9.17, 15) is 18.0 Å². The second-order valence-corrected chi connectivity index (χ2v) is 6.50. The van der Waals surface area contributed by atoms with E-state index >= 15 is 0 Å². The second kappa shape index (κ2) is 6.56. The van der Waals surface area contributed by atoms with E-state index in [4.69, 9.17) is 0 Å². The summed E-state index contributed by atoms with van der Waals surface area (Å²) in [6, 6.07) is 6.21. The van der Waals surface area contributed by atoms with E-state index in [-0.39, 0.29) is 22.2 Å². The van der Waals surface area contributed by atoms with Gasteiger partial charge in [-0.25, -0.2) is 0 Å². The number of carbonyl (C=O) groups is 1. The first-order valence-electron chi connectivity index (χ1n) is 6.76. The number of aryl methyl sites for hydroxylation is 1. The molecule has 2 aromatic heterocycles. The van der Waals surface area contributed by atoms with Crippen LogP contribution in [0, 0.1) is 0 Å². The van der Waals surface area contributed by atoms with Crippen molar-refractivity contribution in [3.05, 3.63) is 46.2 Å². The first kappa shape index (κ1) is 17.5. The molecule has 0 saturated heterocycles. The minimum absolute atomic E-state index is 0.105. The largest absolute Gasteiger partial charge is 0.416 e. The number of aromatic nitrogens is 4. The molecule has 0 unspecified atom stereocenters. The average Bonchev–Trinajstić information content (AvgIpc) is 3.14. The smallest absolute Gasteiger partial charge is 0.295 e. The summed E-state index contributed by atoms with van der Waals surface area (Å²) in [5.41, 5.74) is -0.402. The van der Waals surface area contributed by atoms with E-state index in [0.717, 1.165) is 23.7 Å². The second-order valence-electron chi connectivity index (χ2n) is 4.93. The van der Waals surface area contributed by atoms with Crippen molar-refractivity contribution >= 4 is 38.5 Å². The fraction of sp³-hybridized carbons (Fsp3) is 0.143. The Bertz CT molecular complexity index is 917. The van der Waals surface area contributed by atoms with Crippen LogP contribution in [0.3, 0.4) is 0 Å². The SMILES string of the molecule is Cn1nc(C(=O)Nc2nc(-c3cccc(C(F)(F)F)c3)ns2)cc1Br. The fourth-order valence-corrected chi connectivity index (χ4v) is 2.82. The van der Waals surface area contributed by atoms with Gasteiger partial charge in [-0.15, -0.1) is 0 Å². The fourth-order valence-electron chi connectivity index (χ4n) is 1.94. The maximum Gasteiger partial charge on any atom is 0.416 e. The highest BCUT2D eigenvalue weighted by molar-refractivity contribution is 9.10. The Kier molecular flexibility index (Phi) is 4.60. The lowest BCUT2D eigenvalue weighted by molar-refractivity contribution is -0.137. The number of hydrogen-bond donors (Lipinski definition) is 1. The van der Waals surface area contributed by atoms with Crippen LogP contribution in [0.15, 0.2) is 34.9 Å². The van der Waals surface area contributed by atoms with Gasteiger partial charge < -0.3 is 0 Å². The Hall–Kier alpha value is -2.27. The first-order chi connectivity index (χ1) is 11.7. The van der Waals surface area contributed by atoms with E-state index in [1.54, 1.807) is 7.05 Å². The monoisotopic (exact) mass is 431 g/mol. The highest BCUT2D eigenvalue weighted by Crippen LogP contribution is 2.32. The van der Waals surface area contributed by atoms with Crippen LogP contribution in [0.25, 0.3) is 11.4 Å². The van der Waals surface area contributed by atoms with Crippen LogP contribution in [0.4, 0.5) is 18.3 Å². The van der Waals surface area contributed by atoms with E-state index < -0.39 is 17.6 Å². The quantitative estimate of drug-likeness (QED) is 0.680. The Morgan fingerprint density at radius 1 is 1.32 bits per heavy atom. The molecule has 1 N–H and O–H groups in total. The van der Waals surface area contributed by atoms with E-state index in [0.29, 0.717) is 4.60 Å². The molecule has 11 heteroatoms. The van der Waals surface area contributed by atoms with Crippen molar-refractivity contribution in [2.45, 2.75) is 6.18 Å². The molecule has 1 aromatic carbocycles. The first-order valence-corrected chi connectivity index (χ1v) is 8.33. The number of nitrogens with one attached hydrogen (secondary N) is 1. The van der Waals surface area contributed by atoms with Crippen LogP contribution < -0.4 is 5.32 Å². The molecule has 3 aromatic rings. The molecular weight excluding hydrogens is 423 g/mol. The normalized spacial score (nSPS) is 11.6. The number of benzene rings is 1. The maximum atomic E-state index is 12.8. The molecule has 0 spiro atoms. The third-order valence-electron chi connectivity index (χ3n) is 3.15. The number of halogens is 4. The van der Waals surface area contributed by atoms with Crippen molar-refractivity contribution in [3.8, 4) is 11.4 Å². The zero-order valence-electron chi connectivity index (χ0n) is 12.5. The van der Waals surface area contributed by atoms with Gasteiger partial charge in [-0.3, -0.25) is 14.8 Å². The molecule has 2 heterocycles. The third-order valence-corrected chi connectivity index (χ3v) is 4.52. The van der Waals surface area contributed by atoms with Crippen LogP contribution in [0.1, 0.15) is 16.1 Å². The number of amides is 1. The van der Waals surface area contributed by atoms with Crippen molar-refractivity contribution in [3.63, 3.8) is 0 Å². The van der Waals surface area contributed by atoms with Gasteiger partial charge in [0.15, 0.2) is 11.5 Å². The van der Waals surface area contributed by atoms with Crippen LogP contribution in [0.2, 0.25) is 0 Å². The molecule has 0 fully saturated rings. The summed E-state index contributed by atoms with van der Waals surface area (Å²) in [5.74, 6) is -0.387. The molecule has 130 valence electrons. The molecular formula is C14H9BrF3N5OS. The van der Waals surface area contributed by atoms with Gasteiger partial charge in [0, 0.05) is 30.2 Å². The summed E-state index contributed by atoms with van der Waals surface area (Å²) in [6.07, 6.45) is -4.45. The summed E-state index contributed by atoms with van der Waals surface area (Å²) in [6.45, 7) is 0. The molecule has 6 nitrogen and oxygen atoms in total. The van der Waals surface area contributed by atoms with Crippen molar-refractivity contribution in [1.82, 2.24) is 19.1 Å². The number of alkyl halides is 3. The van der Waals surface area contributed by atoms with Gasteiger partial charge in [0.05, 0.1) is 5.56 Å². The average molecular weight is 432 g/mol. The van der Waals surface area contributed by atoms with Crippen molar-refractivity contribution in [2.24, 2.45) is 7.05 Å². The van der Waals surface area contributed by atoms with E-state index in [1.807, 2.05) is 0 Å². The van der Waals surface area contributed by atoms with Crippen LogP contribution in [-0.4, -0.2) is 25.0 Å². The standard InChI is InChI=1S/C14H9BrF3N5OS/c1-23-10(15)6-9(21-23)12(24)20-13-19-11(22-25-13)7-3-2-4-8(5-7)14(16,17)18/h2-6H,1H3,(H,19,20,22,24). The summed E-state index contributed by atoms with van der Waals surface area (Å²) >= 11 is 4.10. The van der Waals surface area contributed by atoms with Crippen molar-refractivity contribution in [2.75, 3.05) is 5.32 Å². The summed E-state index contributed by atoms with van der Waals surface area (Å²) in [5, 5.41) is 6.69. The van der Waals surface area contributed by atoms with E-state index in [1.165, 1.54) is 22.9 Å². The Morgan fingerprint density at radius 2 is 2.08 bits per heavy atom. The van der Waals surface area contributed by atoms with Gasteiger partial charge in [-0.2, -0.15) is 27.6 Å². The number of carbonyl (C=O) groups excluding carboxylic acids is 1. The van der Waals surface area contributed by atoms with Gasteiger partial charge in [0.25, 0.3) is 5.91 Å². The predicted molar refractivity (Wildman–Crippen MR) is 89.2 cm³/mol. The highest BCUT2D eigenvalue weighted by atomic mass is 79.9. The number of rotatable bonds is 3. The van der Waals surface area contributed by atoms with E-state index in [2.05, 4.69) is 35.7 Å². The lowest BCUT2D eigenvalue weighted by Crippen LogP contribution is -2.12. The van der Waals surface area contributed by atoms with Crippen LogP contribution >= 0.6 is 27.5 Å². The lowest BCUT2D eigenvalue weighted by atomic mass is 10.1. The zero-order chi connectivity index (χ0) is 18.2. The van der Waals surface area contributed by atoms with Gasteiger partial charge in [0.1, 0.15) is 4.60 Å². The minimum Gasteiger partial charge on any atom is -0.295 e. The summed E-state index contributed by atoms with van der Waals surface area (Å²) in [4.78, 5) is 16.2. The highest BCUT2D eigenvalue weighted by Gasteiger charge is 2.30. The van der Waals surface area contributed by atoms with Crippen molar-refractivity contribution < 1.29 is 18.0 Å². The van der Waals surface area contributed by atoms with Crippen LogP contribution in [-0.2, 0) is 13.2 Å². The maximum absolute atomic E-state index is 12.8. The summed E-state index contributed by atoms with van der Waals surface area (Å²) < 4.78 is 44.4. The van der Waals surface area contributed by atoms with Crippen LogP contribution in [0.5, 0.6) is 0 Å². The third kappa shape index (κ3) is 3.87.